The van der Waals surface area contributed by atoms with Crippen molar-refractivity contribution in [2.75, 3.05) is 18.8 Å². The van der Waals surface area contributed by atoms with Gasteiger partial charge in [0, 0.05) is 30.1 Å². The standard InChI is InChI=1S/C10H22N4S/c1-4-9-7-14(5-6-15-9)10(13-11)12-8(2)3/h8-9H,4-7,11H2,1-3H3,(H,12,13). The first-order chi connectivity index (χ1) is 7.17. The maximum atomic E-state index is 5.51. The third-order valence-corrected chi connectivity index (χ3v) is 3.78. The summed E-state index contributed by atoms with van der Waals surface area (Å²) in [5.74, 6) is 7.51. The molecule has 1 atom stereocenters. The van der Waals surface area contributed by atoms with Gasteiger partial charge in [0.25, 0.3) is 0 Å². The van der Waals surface area contributed by atoms with E-state index in [2.05, 4.69) is 36.1 Å². The van der Waals surface area contributed by atoms with Crippen molar-refractivity contribution in [3.63, 3.8) is 0 Å². The molecule has 0 radical (unpaired) electrons. The van der Waals surface area contributed by atoms with Crippen LogP contribution < -0.4 is 11.3 Å². The molecule has 1 unspecified atom stereocenters. The topological polar surface area (TPSA) is 53.6 Å². The molecule has 3 N–H and O–H groups in total. The molecule has 1 saturated heterocycles. The molecule has 0 bridgehead atoms. The van der Waals surface area contributed by atoms with Crippen molar-refractivity contribution in [1.82, 2.24) is 10.3 Å². The lowest BCUT2D eigenvalue weighted by atomic mass is 10.3. The predicted octanol–water partition coefficient (Wildman–Crippen LogP) is 1.04. The van der Waals surface area contributed by atoms with Crippen LogP contribution in [0.2, 0.25) is 0 Å². The van der Waals surface area contributed by atoms with E-state index in [9.17, 15) is 0 Å². The lowest BCUT2D eigenvalue weighted by Gasteiger charge is -2.34. The van der Waals surface area contributed by atoms with Crippen LogP contribution in [0.1, 0.15) is 27.2 Å². The Balaban J connectivity index is 2.60. The molecule has 0 aromatic carbocycles. The van der Waals surface area contributed by atoms with Crippen molar-refractivity contribution < 1.29 is 0 Å². The van der Waals surface area contributed by atoms with Crippen LogP contribution in [-0.2, 0) is 0 Å². The highest BCUT2D eigenvalue weighted by Gasteiger charge is 2.21. The number of guanidine groups is 1. The van der Waals surface area contributed by atoms with Gasteiger partial charge in [-0.3, -0.25) is 5.43 Å². The first-order valence-electron chi connectivity index (χ1n) is 5.58. The van der Waals surface area contributed by atoms with E-state index in [1.807, 2.05) is 11.8 Å². The Hall–Kier alpha value is -0.420. The molecule has 0 amide bonds. The molecule has 1 fully saturated rings. The van der Waals surface area contributed by atoms with E-state index in [0.717, 1.165) is 24.8 Å². The van der Waals surface area contributed by atoms with E-state index < -0.39 is 0 Å². The summed E-state index contributed by atoms with van der Waals surface area (Å²) in [6, 6.07) is 0.283. The number of hydrazine groups is 1. The van der Waals surface area contributed by atoms with E-state index in [-0.39, 0.29) is 6.04 Å². The number of rotatable bonds is 2. The number of nitrogens with two attached hydrogens (primary N) is 1. The Morgan fingerprint density at radius 3 is 2.93 bits per heavy atom. The van der Waals surface area contributed by atoms with Crippen molar-refractivity contribution in [1.29, 1.82) is 0 Å². The summed E-state index contributed by atoms with van der Waals surface area (Å²) in [6.07, 6.45) is 1.21. The Morgan fingerprint density at radius 1 is 1.67 bits per heavy atom. The molecule has 4 nitrogen and oxygen atoms in total. The van der Waals surface area contributed by atoms with Crippen LogP contribution in [0.4, 0.5) is 0 Å². The van der Waals surface area contributed by atoms with Crippen LogP contribution in [0.25, 0.3) is 0 Å². The molecule has 0 aromatic heterocycles. The smallest absolute Gasteiger partial charge is 0.208 e. The summed E-state index contributed by atoms with van der Waals surface area (Å²) in [6.45, 7) is 8.45. The molecule has 5 heteroatoms. The number of hydrogen-bond acceptors (Lipinski definition) is 3. The molecular weight excluding hydrogens is 208 g/mol. The molecule has 15 heavy (non-hydrogen) atoms. The van der Waals surface area contributed by atoms with Crippen molar-refractivity contribution in [3.8, 4) is 0 Å². The fourth-order valence-corrected chi connectivity index (χ4v) is 2.79. The molecule has 1 heterocycles. The van der Waals surface area contributed by atoms with Crippen LogP contribution in [0.3, 0.4) is 0 Å². The molecule has 0 aromatic rings. The third-order valence-electron chi connectivity index (χ3n) is 2.40. The average Bonchev–Trinajstić information content (AvgIpc) is 2.25. The van der Waals surface area contributed by atoms with Crippen molar-refractivity contribution in [2.24, 2.45) is 10.8 Å². The van der Waals surface area contributed by atoms with Gasteiger partial charge in [0.2, 0.25) is 5.96 Å². The molecule has 0 saturated carbocycles. The summed E-state index contributed by atoms with van der Waals surface area (Å²) in [4.78, 5) is 6.74. The van der Waals surface area contributed by atoms with Crippen LogP contribution in [0, 0.1) is 0 Å². The fraction of sp³-hybridized carbons (Fsp3) is 0.900. The number of thioether (sulfide) groups is 1. The Kier molecular flexibility index (Phi) is 5.25. The quantitative estimate of drug-likeness (QED) is 0.322. The SMILES string of the molecule is CCC1CN(C(=NC(C)C)NN)CCS1. The minimum atomic E-state index is 0.283. The maximum absolute atomic E-state index is 5.51. The number of aliphatic imine (C=N–C) groups is 1. The van der Waals surface area contributed by atoms with Crippen LogP contribution in [0.5, 0.6) is 0 Å². The van der Waals surface area contributed by atoms with Gasteiger partial charge < -0.3 is 4.90 Å². The van der Waals surface area contributed by atoms with Gasteiger partial charge in [-0.05, 0) is 20.3 Å². The van der Waals surface area contributed by atoms with Crippen LogP contribution >= 0.6 is 11.8 Å². The molecule has 1 aliphatic heterocycles. The van der Waals surface area contributed by atoms with Gasteiger partial charge in [0.15, 0.2) is 0 Å². The van der Waals surface area contributed by atoms with E-state index in [4.69, 9.17) is 5.84 Å². The van der Waals surface area contributed by atoms with Gasteiger partial charge in [-0.1, -0.05) is 6.92 Å². The van der Waals surface area contributed by atoms with Gasteiger partial charge in [-0.15, -0.1) is 0 Å². The summed E-state index contributed by atoms with van der Waals surface area (Å²) in [5, 5.41) is 0.712. The van der Waals surface area contributed by atoms with E-state index >= 15 is 0 Å². The Bertz CT molecular complexity index is 217. The third kappa shape index (κ3) is 3.91. The van der Waals surface area contributed by atoms with E-state index in [0.29, 0.717) is 5.25 Å². The first kappa shape index (κ1) is 12.6. The average molecular weight is 230 g/mol. The minimum absolute atomic E-state index is 0.283. The zero-order chi connectivity index (χ0) is 11.3. The van der Waals surface area contributed by atoms with Crippen LogP contribution in [0.15, 0.2) is 4.99 Å². The zero-order valence-electron chi connectivity index (χ0n) is 9.86. The normalized spacial score (nSPS) is 23.4. The highest BCUT2D eigenvalue weighted by molar-refractivity contribution is 8.00. The largest absolute Gasteiger partial charge is 0.340 e. The number of nitrogens with zero attached hydrogens (tertiary/aromatic N) is 2. The summed E-state index contributed by atoms with van der Waals surface area (Å²) < 4.78 is 0. The van der Waals surface area contributed by atoms with Gasteiger partial charge in [-0.25, -0.2) is 10.8 Å². The second kappa shape index (κ2) is 6.23. The van der Waals surface area contributed by atoms with Gasteiger partial charge in [0.05, 0.1) is 0 Å². The molecule has 88 valence electrons. The molecule has 0 spiro atoms. The minimum Gasteiger partial charge on any atom is -0.340 e. The Labute approximate surface area is 96.7 Å². The molecule has 1 rings (SSSR count). The second-order valence-electron chi connectivity index (χ2n) is 4.04. The van der Waals surface area contributed by atoms with E-state index in [1.54, 1.807) is 0 Å². The monoisotopic (exact) mass is 230 g/mol. The summed E-state index contributed by atoms with van der Waals surface area (Å²) >= 11 is 2.05. The number of nitrogens with one attached hydrogen (secondary N) is 1. The first-order valence-corrected chi connectivity index (χ1v) is 6.63. The van der Waals surface area contributed by atoms with Crippen molar-refractivity contribution in [3.05, 3.63) is 0 Å². The van der Waals surface area contributed by atoms with E-state index in [1.165, 1.54) is 6.42 Å². The molecule has 1 aliphatic rings. The van der Waals surface area contributed by atoms with Gasteiger partial charge in [0.1, 0.15) is 0 Å². The predicted molar refractivity (Wildman–Crippen MR) is 68.0 cm³/mol. The maximum Gasteiger partial charge on any atom is 0.208 e. The van der Waals surface area contributed by atoms with Crippen molar-refractivity contribution >= 4 is 17.7 Å². The zero-order valence-corrected chi connectivity index (χ0v) is 10.7. The second-order valence-corrected chi connectivity index (χ2v) is 5.45. The van der Waals surface area contributed by atoms with Gasteiger partial charge in [-0.2, -0.15) is 11.8 Å². The highest BCUT2D eigenvalue weighted by Crippen LogP contribution is 2.20. The molecule has 0 aliphatic carbocycles. The summed E-state index contributed by atoms with van der Waals surface area (Å²) in [5.41, 5.74) is 2.71. The fourth-order valence-electron chi connectivity index (χ4n) is 1.61. The lowest BCUT2D eigenvalue weighted by molar-refractivity contribution is 0.406. The van der Waals surface area contributed by atoms with Crippen LogP contribution in [-0.4, -0.2) is 41.0 Å². The lowest BCUT2D eigenvalue weighted by Crippen LogP contribution is -2.50. The Morgan fingerprint density at radius 2 is 2.40 bits per heavy atom. The highest BCUT2D eigenvalue weighted by atomic mass is 32.2. The van der Waals surface area contributed by atoms with Gasteiger partial charge >= 0.3 is 0 Å². The number of hydrogen-bond donors (Lipinski definition) is 2. The summed E-state index contributed by atoms with van der Waals surface area (Å²) in [7, 11) is 0. The molecular formula is C10H22N4S. The van der Waals surface area contributed by atoms with Crippen molar-refractivity contribution in [2.45, 2.75) is 38.5 Å².